The van der Waals surface area contributed by atoms with Crippen LogP contribution in [0.1, 0.15) is 20.8 Å². The summed E-state index contributed by atoms with van der Waals surface area (Å²) in [6, 6.07) is 11.8. The monoisotopic (exact) mass is 488 g/mol. The number of halogens is 2. The fraction of sp³-hybridized carbons (Fsp3) is 0.292. The molecule has 9 heteroatoms. The average Bonchev–Trinajstić information content (AvgIpc) is 3.49. The summed E-state index contributed by atoms with van der Waals surface area (Å²) in [6.07, 6.45) is 0. The van der Waals surface area contributed by atoms with Crippen LogP contribution in [0.4, 0.5) is 4.39 Å². The largest absolute Gasteiger partial charge is 0.489 e. The van der Waals surface area contributed by atoms with Crippen molar-refractivity contribution in [2.45, 2.75) is 13.2 Å². The molecule has 3 aromatic rings. The van der Waals surface area contributed by atoms with Gasteiger partial charge in [-0.3, -0.25) is 9.69 Å². The average molecular weight is 489 g/mol. The number of hydrogen-bond acceptors (Lipinski definition) is 6. The van der Waals surface area contributed by atoms with Gasteiger partial charge in [-0.1, -0.05) is 17.7 Å². The molecule has 33 heavy (non-hydrogen) atoms. The second-order valence-corrected chi connectivity index (χ2v) is 9.25. The Balaban J connectivity index is 1.12. The summed E-state index contributed by atoms with van der Waals surface area (Å²) in [6.45, 7) is 3.99. The minimum atomic E-state index is -0.337. The fourth-order valence-corrected chi connectivity index (χ4v) is 4.94. The van der Waals surface area contributed by atoms with Crippen molar-refractivity contribution in [1.29, 1.82) is 0 Å². The summed E-state index contributed by atoms with van der Waals surface area (Å²) in [7, 11) is 0. The van der Waals surface area contributed by atoms with Gasteiger partial charge in [0, 0.05) is 49.4 Å². The normalized spacial score (nSPS) is 15.6. The van der Waals surface area contributed by atoms with Gasteiger partial charge in [0.05, 0.1) is 4.88 Å². The lowest BCUT2D eigenvalue weighted by Gasteiger charge is -2.34. The van der Waals surface area contributed by atoms with Gasteiger partial charge in [0.15, 0.2) is 11.5 Å². The van der Waals surface area contributed by atoms with E-state index in [0.717, 1.165) is 24.2 Å². The van der Waals surface area contributed by atoms with E-state index in [1.54, 1.807) is 12.1 Å². The van der Waals surface area contributed by atoms with E-state index in [4.69, 9.17) is 25.8 Å². The molecule has 1 saturated heterocycles. The zero-order valence-electron chi connectivity index (χ0n) is 17.8. The van der Waals surface area contributed by atoms with E-state index in [1.807, 2.05) is 28.5 Å². The van der Waals surface area contributed by atoms with Gasteiger partial charge in [-0.15, -0.1) is 11.3 Å². The Bertz CT molecular complexity index is 1160. The molecule has 3 heterocycles. The first-order valence-corrected chi connectivity index (χ1v) is 11.9. The number of carbonyl (C=O) groups excluding carboxylic acids is 1. The van der Waals surface area contributed by atoms with Crippen molar-refractivity contribution in [1.82, 2.24) is 9.80 Å². The van der Waals surface area contributed by atoms with Crippen LogP contribution >= 0.6 is 22.9 Å². The topological polar surface area (TPSA) is 51.2 Å². The number of ether oxygens (including phenoxy) is 3. The molecule has 0 bridgehead atoms. The van der Waals surface area contributed by atoms with Crippen LogP contribution in [0.5, 0.6) is 17.2 Å². The van der Waals surface area contributed by atoms with Crippen molar-refractivity contribution < 1.29 is 23.4 Å². The Labute approximate surface area is 200 Å². The van der Waals surface area contributed by atoms with E-state index in [-0.39, 0.29) is 18.5 Å². The summed E-state index contributed by atoms with van der Waals surface area (Å²) in [5, 5.41) is 2.38. The number of hydrogen-bond donors (Lipinski definition) is 0. The lowest BCUT2D eigenvalue weighted by Crippen LogP contribution is -2.48. The minimum absolute atomic E-state index is 0.0359. The highest BCUT2D eigenvalue weighted by molar-refractivity contribution is 7.12. The van der Waals surface area contributed by atoms with Crippen LogP contribution in [0.15, 0.2) is 47.8 Å². The summed E-state index contributed by atoms with van der Waals surface area (Å²) < 4.78 is 29.8. The van der Waals surface area contributed by atoms with Crippen LogP contribution in [-0.4, -0.2) is 48.7 Å². The maximum atomic E-state index is 13.3. The third kappa shape index (κ3) is 5.08. The van der Waals surface area contributed by atoms with Gasteiger partial charge in [0.2, 0.25) is 6.79 Å². The number of piperazine rings is 1. The second-order valence-electron chi connectivity index (χ2n) is 7.93. The summed E-state index contributed by atoms with van der Waals surface area (Å²) in [4.78, 5) is 17.8. The molecule has 5 rings (SSSR count). The lowest BCUT2D eigenvalue weighted by molar-refractivity contribution is 0.0633. The summed E-state index contributed by atoms with van der Waals surface area (Å²) >= 11 is 7.58. The third-order valence-electron chi connectivity index (χ3n) is 5.68. The van der Waals surface area contributed by atoms with Gasteiger partial charge in [-0.2, -0.15) is 0 Å². The highest BCUT2D eigenvalue weighted by atomic mass is 35.5. The SMILES string of the molecule is O=C(c1cc(COc2ccc3c(c2)OCO3)cs1)N1CCN(Cc2ccc(F)cc2Cl)CC1. The Morgan fingerprint density at radius 2 is 1.88 bits per heavy atom. The molecule has 2 aromatic carbocycles. The number of rotatable bonds is 6. The molecule has 1 fully saturated rings. The molecular formula is C24H22ClFN2O4S. The number of amides is 1. The van der Waals surface area contributed by atoms with Crippen molar-refractivity contribution in [3.8, 4) is 17.2 Å². The van der Waals surface area contributed by atoms with Crippen LogP contribution in [0.25, 0.3) is 0 Å². The zero-order chi connectivity index (χ0) is 22.8. The standard InChI is InChI=1S/C24H22ClFN2O4S/c25-20-10-18(26)2-1-17(20)12-27-5-7-28(8-6-27)24(29)23-9-16(14-33-23)13-30-19-3-4-21-22(11-19)32-15-31-21/h1-4,9-11,14H,5-8,12-13,15H2. The van der Waals surface area contributed by atoms with Crippen molar-refractivity contribution in [3.63, 3.8) is 0 Å². The van der Waals surface area contributed by atoms with Crippen LogP contribution in [-0.2, 0) is 13.2 Å². The van der Waals surface area contributed by atoms with Gasteiger partial charge in [-0.05, 0) is 41.3 Å². The van der Waals surface area contributed by atoms with Crippen molar-refractivity contribution >= 4 is 28.8 Å². The molecular weight excluding hydrogens is 467 g/mol. The number of thiophene rings is 1. The Morgan fingerprint density at radius 3 is 2.70 bits per heavy atom. The Morgan fingerprint density at radius 1 is 1.06 bits per heavy atom. The predicted octanol–water partition coefficient (Wildman–Crippen LogP) is 4.81. The molecule has 2 aliphatic rings. The van der Waals surface area contributed by atoms with Crippen LogP contribution in [0, 0.1) is 5.82 Å². The number of benzene rings is 2. The highest BCUT2D eigenvalue weighted by Gasteiger charge is 2.24. The molecule has 0 aliphatic carbocycles. The molecule has 0 N–H and O–H groups in total. The lowest BCUT2D eigenvalue weighted by atomic mass is 10.2. The quantitative estimate of drug-likeness (QED) is 0.498. The number of nitrogens with zero attached hydrogens (tertiary/aromatic N) is 2. The molecule has 172 valence electrons. The first kappa shape index (κ1) is 22.0. The zero-order valence-corrected chi connectivity index (χ0v) is 19.3. The number of fused-ring (bicyclic) bond motifs is 1. The first-order valence-electron chi connectivity index (χ1n) is 10.6. The molecule has 1 amide bonds. The second kappa shape index (κ2) is 9.59. The van der Waals surface area contributed by atoms with Gasteiger partial charge in [0.1, 0.15) is 18.2 Å². The van der Waals surface area contributed by atoms with E-state index in [0.29, 0.717) is 53.4 Å². The summed E-state index contributed by atoms with van der Waals surface area (Å²) in [5.74, 6) is 1.78. The predicted molar refractivity (Wildman–Crippen MR) is 124 cm³/mol. The molecule has 0 atom stereocenters. The maximum absolute atomic E-state index is 13.3. The van der Waals surface area contributed by atoms with E-state index in [2.05, 4.69) is 4.90 Å². The van der Waals surface area contributed by atoms with Crippen molar-refractivity contribution in [2.75, 3.05) is 33.0 Å². The fourth-order valence-electron chi connectivity index (χ4n) is 3.85. The molecule has 6 nitrogen and oxygen atoms in total. The maximum Gasteiger partial charge on any atom is 0.264 e. The molecule has 0 unspecified atom stereocenters. The Hall–Kier alpha value is -2.81. The molecule has 2 aliphatic heterocycles. The number of carbonyl (C=O) groups is 1. The van der Waals surface area contributed by atoms with E-state index in [1.165, 1.54) is 23.5 Å². The first-order chi connectivity index (χ1) is 16.0. The van der Waals surface area contributed by atoms with Gasteiger partial charge in [0.25, 0.3) is 5.91 Å². The van der Waals surface area contributed by atoms with Crippen molar-refractivity contribution in [2.24, 2.45) is 0 Å². The Kier molecular flexibility index (Phi) is 6.39. The van der Waals surface area contributed by atoms with Crippen LogP contribution < -0.4 is 14.2 Å². The van der Waals surface area contributed by atoms with Gasteiger partial charge < -0.3 is 19.1 Å². The van der Waals surface area contributed by atoms with E-state index < -0.39 is 0 Å². The molecule has 0 saturated carbocycles. The van der Waals surface area contributed by atoms with E-state index >= 15 is 0 Å². The third-order valence-corrected chi connectivity index (χ3v) is 7.00. The molecule has 0 radical (unpaired) electrons. The minimum Gasteiger partial charge on any atom is -0.489 e. The molecule has 1 aromatic heterocycles. The van der Waals surface area contributed by atoms with Crippen LogP contribution in [0.2, 0.25) is 5.02 Å². The van der Waals surface area contributed by atoms with Crippen molar-refractivity contribution in [3.05, 3.63) is 74.7 Å². The van der Waals surface area contributed by atoms with Gasteiger partial charge >= 0.3 is 0 Å². The van der Waals surface area contributed by atoms with E-state index in [9.17, 15) is 9.18 Å². The summed E-state index contributed by atoms with van der Waals surface area (Å²) in [5.41, 5.74) is 1.84. The molecule has 0 spiro atoms. The smallest absolute Gasteiger partial charge is 0.264 e. The highest BCUT2D eigenvalue weighted by Crippen LogP contribution is 2.35. The van der Waals surface area contributed by atoms with Gasteiger partial charge in [-0.25, -0.2) is 4.39 Å². The van der Waals surface area contributed by atoms with Crippen LogP contribution in [0.3, 0.4) is 0 Å².